The summed E-state index contributed by atoms with van der Waals surface area (Å²) in [6.07, 6.45) is 3.64. The van der Waals surface area contributed by atoms with Crippen molar-refractivity contribution in [2.45, 2.75) is 26.3 Å². The number of amides is 1. The number of carbonyl (C=O) groups excluding carboxylic acids is 1. The first kappa shape index (κ1) is 19.1. The van der Waals surface area contributed by atoms with Crippen LogP contribution in [0.3, 0.4) is 0 Å². The third kappa shape index (κ3) is 3.73. The Bertz CT molecular complexity index is 949. The van der Waals surface area contributed by atoms with E-state index in [2.05, 4.69) is 16.0 Å². The number of nitrogens with zero attached hydrogens (tertiary/aromatic N) is 5. The predicted octanol–water partition coefficient (Wildman–Crippen LogP) is 2.52. The number of fused-ring (bicyclic) bond motifs is 1. The highest BCUT2D eigenvalue weighted by Crippen LogP contribution is 2.36. The van der Waals surface area contributed by atoms with E-state index in [-0.39, 0.29) is 5.91 Å². The molecular weight excluding hydrogens is 373 g/mol. The molecule has 29 heavy (non-hydrogen) atoms. The zero-order valence-electron chi connectivity index (χ0n) is 16.3. The second-order valence-corrected chi connectivity index (χ2v) is 7.73. The Labute approximate surface area is 168 Å². The smallest absolute Gasteiger partial charge is 0.229 e. The fourth-order valence-corrected chi connectivity index (χ4v) is 3.95. The number of aromatic nitrogens is 2. The average molecular weight is 395 g/mol. The van der Waals surface area contributed by atoms with E-state index in [0.717, 1.165) is 18.0 Å². The summed E-state index contributed by atoms with van der Waals surface area (Å²) in [5.74, 6) is 0.700. The topological polar surface area (TPSA) is 82.4 Å². The van der Waals surface area contributed by atoms with Crippen molar-refractivity contribution in [3.63, 3.8) is 0 Å². The molecule has 2 aromatic rings. The SMILES string of the molecule is CC1(C(=O)N2CCOc3c(C#N)cccc3C2)CCN(c2ncc(F)cn2)CC1. The molecule has 1 aromatic heterocycles. The van der Waals surface area contributed by atoms with Crippen LogP contribution in [0.2, 0.25) is 0 Å². The van der Waals surface area contributed by atoms with Crippen LogP contribution in [0.1, 0.15) is 30.9 Å². The van der Waals surface area contributed by atoms with Gasteiger partial charge in [-0.3, -0.25) is 4.79 Å². The van der Waals surface area contributed by atoms with Gasteiger partial charge >= 0.3 is 0 Å². The number of carbonyl (C=O) groups is 1. The average Bonchev–Trinajstić information content (AvgIpc) is 2.97. The first-order valence-electron chi connectivity index (χ1n) is 9.67. The largest absolute Gasteiger partial charge is 0.490 e. The third-order valence-electron chi connectivity index (χ3n) is 5.75. The predicted molar refractivity (Wildman–Crippen MR) is 104 cm³/mol. The number of hydrogen-bond acceptors (Lipinski definition) is 6. The fraction of sp³-hybridized carbons (Fsp3) is 0.429. The molecule has 1 amide bonds. The van der Waals surface area contributed by atoms with Crippen LogP contribution < -0.4 is 9.64 Å². The van der Waals surface area contributed by atoms with Gasteiger partial charge in [-0.1, -0.05) is 19.1 Å². The molecule has 2 aliphatic rings. The number of benzene rings is 1. The molecular formula is C21H22FN5O2. The highest BCUT2D eigenvalue weighted by Gasteiger charge is 2.40. The molecule has 1 fully saturated rings. The van der Waals surface area contributed by atoms with Gasteiger partial charge in [-0.2, -0.15) is 5.26 Å². The van der Waals surface area contributed by atoms with E-state index in [0.29, 0.717) is 62.9 Å². The molecule has 150 valence electrons. The van der Waals surface area contributed by atoms with E-state index < -0.39 is 11.2 Å². The van der Waals surface area contributed by atoms with Crippen molar-refractivity contribution in [2.24, 2.45) is 5.41 Å². The number of para-hydroxylation sites is 1. The van der Waals surface area contributed by atoms with Crippen LogP contribution in [0.25, 0.3) is 0 Å². The van der Waals surface area contributed by atoms with Gasteiger partial charge in [0.2, 0.25) is 11.9 Å². The summed E-state index contributed by atoms with van der Waals surface area (Å²) < 4.78 is 18.8. The van der Waals surface area contributed by atoms with Crippen LogP contribution in [-0.4, -0.2) is 47.0 Å². The van der Waals surface area contributed by atoms with Crippen LogP contribution >= 0.6 is 0 Å². The van der Waals surface area contributed by atoms with Crippen LogP contribution in [0, 0.1) is 22.6 Å². The molecule has 0 spiro atoms. The maximum atomic E-state index is 13.4. The van der Waals surface area contributed by atoms with Gasteiger partial charge in [0.25, 0.3) is 0 Å². The summed E-state index contributed by atoms with van der Waals surface area (Å²) >= 11 is 0. The first-order chi connectivity index (χ1) is 14.0. The fourth-order valence-electron chi connectivity index (χ4n) is 3.95. The van der Waals surface area contributed by atoms with Crippen LogP contribution in [0.5, 0.6) is 5.75 Å². The van der Waals surface area contributed by atoms with Gasteiger partial charge in [-0.25, -0.2) is 14.4 Å². The molecule has 2 aliphatic heterocycles. The summed E-state index contributed by atoms with van der Waals surface area (Å²) in [5.41, 5.74) is 0.861. The second-order valence-electron chi connectivity index (χ2n) is 7.73. The minimum absolute atomic E-state index is 0.0935. The van der Waals surface area contributed by atoms with E-state index in [9.17, 15) is 14.4 Å². The molecule has 4 rings (SSSR count). The van der Waals surface area contributed by atoms with Gasteiger partial charge in [0.05, 0.1) is 24.5 Å². The maximum Gasteiger partial charge on any atom is 0.229 e. The van der Waals surface area contributed by atoms with E-state index in [4.69, 9.17) is 4.74 Å². The number of halogens is 1. The van der Waals surface area contributed by atoms with Gasteiger partial charge in [-0.05, 0) is 18.9 Å². The molecule has 0 bridgehead atoms. The number of hydrogen-bond donors (Lipinski definition) is 0. The summed E-state index contributed by atoms with van der Waals surface area (Å²) in [6.45, 7) is 4.54. The van der Waals surface area contributed by atoms with E-state index in [1.54, 1.807) is 6.07 Å². The van der Waals surface area contributed by atoms with Gasteiger partial charge in [0.15, 0.2) is 5.82 Å². The molecule has 3 heterocycles. The molecule has 1 aromatic carbocycles. The van der Waals surface area contributed by atoms with E-state index in [1.165, 1.54) is 0 Å². The van der Waals surface area contributed by atoms with Crippen molar-refractivity contribution < 1.29 is 13.9 Å². The Morgan fingerprint density at radius 1 is 1.24 bits per heavy atom. The molecule has 7 nitrogen and oxygen atoms in total. The highest BCUT2D eigenvalue weighted by atomic mass is 19.1. The first-order valence-corrected chi connectivity index (χ1v) is 9.67. The number of ether oxygens (including phenoxy) is 1. The van der Waals surface area contributed by atoms with Gasteiger partial charge in [0, 0.05) is 30.6 Å². The van der Waals surface area contributed by atoms with Crippen molar-refractivity contribution in [3.05, 3.63) is 47.5 Å². The summed E-state index contributed by atoms with van der Waals surface area (Å²) in [6, 6.07) is 7.60. The molecule has 0 N–H and O–H groups in total. The van der Waals surface area contributed by atoms with Crippen LogP contribution in [0.4, 0.5) is 10.3 Å². The minimum atomic E-state index is -0.492. The Kier molecular flexibility index (Phi) is 5.05. The van der Waals surface area contributed by atoms with E-state index >= 15 is 0 Å². The number of piperidine rings is 1. The van der Waals surface area contributed by atoms with Crippen LogP contribution in [0.15, 0.2) is 30.6 Å². The number of anilines is 1. The lowest BCUT2D eigenvalue weighted by atomic mass is 9.79. The molecule has 0 atom stereocenters. The highest BCUT2D eigenvalue weighted by molar-refractivity contribution is 5.83. The standard InChI is InChI=1S/C21H22FN5O2/c1-21(5-7-26(8-6-21)20-24-12-17(22)13-25-20)19(28)27-9-10-29-18-15(11-23)3-2-4-16(18)14-27/h2-4,12-13H,5-10,14H2,1H3. The van der Waals surface area contributed by atoms with Gasteiger partial charge < -0.3 is 14.5 Å². The van der Waals surface area contributed by atoms with Crippen molar-refractivity contribution in [1.29, 1.82) is 5.26 Å². The van der Waals surface area contributed by atoms with Crippen molar-refractivity contribution in [3.8, 4) is 11.8 Å². The normalized spacial score (nSPS) is 18.2. The molecule has 0 radical (unpaired) electrons. The summed E-state index contributed by atoms with van der Waals surface area (Å²) in [4.78, 5) is 25.3. The molecule has 0 unspecified atom stereocenters. The van der Waals surface area contributed by atoms with Crippen molar-refractivity contribution >= 4 is 11.9 Å². The lowest BCUT2D eigenvalue weighted by Gasteiger charge is -2.40. The Morgan fingerprint density at radius 3 is 2.66 bits per heavy atom. The lowest BCUT2D eigenvalue weighted by Crippen LogP contribution is -2.49. The van der Waals surface area contributed by atoms with Crippen molar-refractivity contribution in [2.75, 3.05) is 31.1 Å². The molecule has 1 saturated heterocycles. The minimum Gasteiger partial charge on any atom is -0.490 e. The molecule has 0 aliphatic carbocycles. The Morgan fingerprint density at radius 2 is 1.97 bits per heavy atom. The Balaban J connectivity index is 1.46. The summed E-state index contributed by atoms with van der Waals surface area (Å²) in [7, 11) is 0. The lowest BCUT2D eigenvalue weighted by molar-refractivity contribution is -0.143. The van der Waals surface area contributed by atoms with Gasteiger partial charge in [-0.15, -0.1) is 0 Å². The van der Waals surface area contributed by atoms with Gasteiger partial charge in [0.1, 0.15) is 18.4 Å². The molecule has 0 saturated carbocycles. The van der Waals surface area contributed by atoms with Crippen LogP contribution in [-0.2, 0) is 11.3 Å². The van der Waals surface area contributed by atoms with Crippen molar-refractivity contribution in [1.82, 2.24) is 14.9 Å². The zero-order chi connectivity index (χ0) is 20.4. The summed E-state index contributed by atoms with van der Waals surface area (Å²) in [5, 5.41) is 9.29. The monoisotopic (exact) mass is 395 g/mol. The maximum absolute atomic E-state index is 13.4. The third-order valence-corrected chi connectivity index (χ3v) is 5.75. The molecule has 8 heteroatoms. The number of nitriles is 1. The number of rotatable bonds is 2. The quantitative estimate of drug-likeness (QED) is 0.777. The van der Waals surface area contributed by atoms with E-state index in [1.807, 2.05) is 28.9 Å². The second kappa shape index (κ2) is 7.66. The Hall–Kier alpha value is -3.21. The zero-order valence-corrected chi connectivity index (χ0v) is 16.3.